The summed E-state index contributed by atoms with van der Waals surface area (Å²) in [7, 11) is 0. The third-order valence-electron chi connectivity index (χ3n) is 2.34. The van der Waals surface area contributed by atoms with Crippen LogP contribution in [0.1, 0.15) is 11.1 Å². The van der Waals surface area contributed by atoms with E-state index in [0.717, 1.165) is 11.1 Å². The molecule has 0 N–H and O–H groups in total. The van der Waals surface area contributed by atoms with Gasteiger partial charge in [0.15, 0.2) is 0 Å². The third-order valence-corrected chi connectivity index (χ3v) is 2.34. The molecule has 3 nitrogen and oxygen atoms in total. The fraction of sp³-hybridized carbons (Fsp3) is 0. The van der Waals surface area contributed by atoms with Gasteiger partial charge in [-0.2, -0.15) is 0 Å². The standard InChI is InChI=1S/C14H11N3/c15-17-16-14-9-5-4-8-13(14)11-10-12-6-2-1-3-7-12/h1-11H. The monoisotopic (exact) mass is 221 g/mol. The van der Waals surface area contributed by atoms with E-state index >= 15 is 0 Å². The minimum Gasteiger partial charge on any atom is -0.0622 e. The average molecular weight is 221 g/mol. The number of benzene rings is 2. The van der Waals surface area contributed by atoms with Gasteiger partial charge in [0.1, 0.15) is 0 Å². The molecule has 2 rings (SSSR count). The first-order valence-electron chi connectivity index (χ1n) is 5.27. The lowest BCUT2D eigenvalue weighted by Crippen LogP contribution is -1.73. The zero-order valence-corrected chi connectivity index (χ0v) is 9.19. The lowest BCUT2D eigenvalue weighted by atomic mass is 10.1. The Morgan fingerprint density at radius 1 is 0.882 bits per heavy atom. The van der Waals surface area contributed by atoms with Crippen molar-refractivity contribution in [1.29, 1.82) is 0 Å². The summed E-state index contributed by atoms with van der Waals surface area (Å²) in [5.74, 6) is 0. The van der Waals surface area contributed by atoms with Gasteiger partial charge in [-0.05, 0) is 16.7 Å². The van der Waals surface area contributed by atoms with Gasteiger partial charge in [-0.15, -0.1) is 0 Å². The lowest BCUT2D eigenvalue weighted by molar-refractivity contribution is 1.46. The minimum atomic E-state index is 0.641. The average Bonchev–Trinajstić information content (AvgIpc) is 2.39. The fourth-order valence-corrected chi connectivity index (χ4v) is 1.52. The summed E-state index contributed by atoms with van der Waals surface area (Å²) in [4.78, 5) is 2.81. The van der Waals surface area contributed by atoms with Crippen molar-refractivity contribution < 1.29 is 0 Å². The van der Waals surface area contributed by atoms with Crippen molar-refractivity contribution in [2.45, 2.75) is 0 Å². The Hall–Kier alpha value is -2.51. The minimum absolute atomic E-state index is 0.641. The highest BCUT2D eigenvalue weighted by Crippen LogP contribution is 2.21. The molecule has 3 heteroatoms. The van der Waals surface area contributed by atoms with Gasteiger partial charge in [-0.25, -0.2) is 0 Å². The normalized spacial score (nSPS) is 10.1. The van der Waals surface area contributed by atoms with Gasteiger partial charge in [0.2, 0.25) is 0 Å². The summed E-state index contributed by atoms with van der Waals surface area (Å²) >= 11 is 0. The van der Waals surface area contributed by atoms with E-state index in [1.54, 1.807) is 6.07 Å². The van der Waals surface area contributed by atoms with Crippen molar-refractivity contribution in [3.8, 4) is 0 Å². The van der Waals surface area contributed by atoms with E-state index in [9.17, 15) is 0 Å². The highest BCUT2D eigenvalue weighted by molar-refractivity contribution is 5.75. The van der Waals surface area contributed by atoms with Crippen LogP contribution >= 0.6 is 0 Å². The lowest BCUT2D eigenvalue weighted by Gasteiger charge is -1.98. The molecule has 82 valence electrons. The second-order valence-corrected chi connectivity index (χ2v) is 3.49. The van der Waals surface area contributed by atoms with Crippen LogP contribution in [0.25, 0.3) is 22.6 Å². The summed E-state index contributed by atoms with van der Waals surface area (Å²) in [6.07, 6.45) is 3.94. The molecule has 0 aliphatic rings. The Labute approximate surface area is 99.7 Å². The van der Waals surface area contributed by atoms with Crippen molar-refractivity contribution in [1.82, 2.24) is 0 Å². The summed E-state index contributed by atoms with van der Waals surface area (Å²) in [5.41, 5.74) is 11.1. The highest BCUT2D eigenvalue weighted by Gasteiger charge is 1.94. The molecule has 0 bridgehead atoms. The van der Waals surface area contributed by atoms with Crippen LogP contribution in [-0.4, -0.2) is 0 Å². The Kier molecular flexibility index (Phi) is 3.58. The van der Waals surface area contributed by atoms with Crippen LogP contribution in [0.15, 0.2) is 59.7 Å². The quantitative estimate of drug-likeness (QED) is 0.309. The van der Waals surface area contributed by atoms with Crippen LogP contribution in [0.4, 0.5) is 5.69 Å². The molecule has 2 aromatic rings. The molecule has 0 saturated heterocycles. The van der Waals surface area contributed by atoms with Gasteiger partial charge in [0.05, 0.1) is 0 Å². The summed E-state index contributed by atoms with van der Waals surface area (Å²) in [6.45, 7) is 0. The molecule has 0 radical (unpaired) electrons. The van der Waals surface area contributed by atoms with E-state index in [1.165, 1.54) is 0 Å². The molecule has 0 spiro atoms. The summed E-state index contributed by atoms with van der Waals surface area (Å²) in [6, 6.07) is 17.5. The molecule has 0 fully saturated rings. The van der Waals surface area contributed by atoms with Gasteiger partial charge < -0.3 is 0 Å². The summed E-state index contributed by atoms with van der Waals surface area (Å²) in [5, 5.41) is 3.65. The molecule has 0 unspecified atom stereocenters. The van der Waals surface area contributed by atoms with Gasteiger partial charge in [0.25, 0.3) is 0 Å². The molecular formula is C14H11N3. The van der Waals surface area contributed by atoms with E-state index in [0.29, 0.717) is 5.69 Å². The Balaban J connectivity index is 2.30. The van der Waals surface area contributed by atoms with Crippen molar-refractivity contribution in [2.24, 2.45) is 5.11 Å². The maximum absolute atomic E-state index is 8.46. The van der Waals surface area contributed by atoms with Crippen LogP contribution in [0, 0.1) is 0 Å². The second kappa shape index (κ2) is 5.54. The third kappa shape index (κ3) is 2.97. The molecule has 0 saturated carbocycles. The smallest absolute Gasteiger partial charge is 0.0447 e. The topological polar surface area (TPSA) is 48.8 Å². The van der Waals surface area contributed by atoms with Gasteiger partial charge in [-0.3, -0.25) is 0 Å². The van der Waals surface area contributed by atoms with Crippen molar-refractivity contribution in [2.75, 3.05) is 0 Å². The molecule has 2 aromatic carbocycles. The van der Waals surface area contributed by atoms with Crippen molar-refractivity contribution in [3.63, 3.8) is 0 Å². The van der Waals surface area contributed by atoms with E-state index in [2.05, 4.69) is 10.0 Å². The largest absolute Gasteiger partial charge is 0.0622 e. The fourth-order valence-electron chi connectivity index (χ4n) is 1.52. The highest BCUT2D eigenvalue weighted by atomic mass is 15.1. The Morgan fingerprint density at radius 2 is 1.59 bits per heavy atom. The van der Waals surface area contributed by atoms with Gasteiger partial charge >= 0.3 is 0 Å². The molecule has 0 aliphatic heterocycles. The van der Waals surface area contributed by atoms with Crippen LogP contribution in [0.3, 0.4) is 0 Å². The van der Waals surface area contributed by atoms with Gasteiger partial charge in [-0.1, -0.05) is 71.9 Å². The molecule has 0 atom stereocenters. The van der Waals surface area contributed by atoms with Crippen LogP contribution < -0.4 is 0 Å². The first-order chi connectivity index (χ1) is 8.40. The zero-order chi connectivity index (χ0) is 11.9. The number of nitrogens with zero attached hydrogens (tertiary/aromatic N) is 3. The molecule has 0 heterocycles. The van der Waals surface area contributed by atoms with Gasteiger partial charge in [0, 0.05) is 10.6 Å². The van der Waals surface area contributed by atoms with Crippen molar-refractivity contribution in [3.05, 3.63) is 76.2 Å². The van der Waals surface area contributed by atoms with E-state index in [4.69, 9.17) is 5.53 Å². The zero-order valence-electron chi connectivity index (χ0n) is 9.19. The predicted molar refractivity (Wildman–Crippen MR) is 70.6 cm³/mol. The van der Waals surface area contributed by atoms with E-state index < -0.39 is 0 Å². The Morgan fingerprint density at radius 3 is 2.35 bits per heavy atom. The van der Waals surface area contributed by atoms with Crippen molar-refractivity contribution >= 4 is 17.8 Å². The number of rotatable bonds is 3. The number of hydrogen-bond donors (Lipinski definition) is 0. The summed E-state index contributed by atoms with van der Waals surface area (Å²) < 4.78 is 0. The molecule has 17 heavy (non-hydrogen) atoms. The Bertz CT molecular complexity index is 567. The van der Waals surface area contributed by atoms with E-state index in [-0.39, 0.29) is 0 Å². The molecule has 0 aliphatic carbocycles. The van der Waals surface area contributed by atoms with Crippen LogP contribution in [0.5, 0.6) is 0 Å². The molecule has 0 amide bonds. The first-order valence-corrected chi connectivity index (χ1v) is 5.27. The maximum atomic E-state index is 8.46. The van der Waals surface area contributed by atoms with E-state index in [1.807, 2.05) is 60.7 Å². The second-order valence-electron chi connectivity index (χ2n) is 3.49. The SMILES string of the molecule is [N-]=[N+]=Nc1ccccc1C=Cc1ccccc1. The number of hydrogen-bond acceptors (Lipinski definition) is 1. The maximum Gasteiger partial charge on any atom is 0.0447 e. The number of azide groups is 1. The van der Waals surface area contributed by atoms with Crippen LogP contribution in [-0.2, 0) is 0 Å². The van der Waals surface area contributed by atoms with Crippen LogP contribution in [0.2, 0.25) is 0 Å². The molecule has 0 aromatic heterocycles. The molecular weight excluding hydrogens is 210 g/mol. The first kappa shape index (κ1) is 11.0. The predicted octanol–water partition coefficient (Wildman–Crippen LogP) is 4.80.